The fourth-order valence-electron chi connectivity index (χ4n) is 2.89. The summed E-state index contributed by atoms with van der Waals surface area (Å²) in [4.78, 5) is 24.5. The molecule has 22 heavy (non-hydrogen) atoms. The number of esters is 1. The molecule has 0 heterocycles. The summed E-state index contributed by atoms with van der Waals surface area (Å²) in [5.74, 6) is -0.334. The van der Waals surface area contributed by atoms with Crippen molar-refractivity contribution in [2.45, 2.75) is 64.0 Å². The third kappa shape index (κ3) is 4.33. The number of rotatable bonds is 7. The van der Waals surface area contributed by atoms with Crippen molar-refractivity contribution in [1.82, 2.24) is 5.32 Å². The monoisotopic (exact) mass is 303 g/mol. The van der Waals surface area contributed by atoms with Crippen LogP contribution in [0.25, 0.3) is 0 Å². The SMILES string of the molecule is CCCCC(=O)NC1(C(=O)OCc2ccccc2)CCCC1. The van der Waals surface area contributed by atoms with Crippen molar-refractivity contribution in [2.24, 2.45) is 0 Å². The molecule has 1 aromatic rings. The topological polar surface area (TPSA) is 55.4 Å². The predicted molar refractivity (Wildman–Crippen MR) is 85.1 cm³/mol. The lowest BCUT2D eigenvalue weighted by molar-refractivity contribution is -0.155. The summed E-state index contributed by atoms with van der Waals surface area (Å²) in [6.07, 6.45) is 5.56. The molecule has 2 rings (SSSR count). The second-order valence-electron chi connectivity index (χ2n) is 6.00. The molecule has 0 atom stereocenters. The third-order valence-corrected chi connectivity index (χ3v) is 4.20. The number of unbranched alkanes of at least 4 members (excludes halogenated alkanes) is 1. The van der Waals surface area contributed by atoms with Gasteiger partial charge in [0.25, 0.3) is 0 Å². The lowest BCUT2D eigenvalue weighted by atomic mass is 9.97. The minimum Gasteiger partial charge on any atom is -0.459 e. The van der Waals surface area contributed by atoms with Gasteiger partial charge >= 0.3 is 5.97 Å². The van der Waals surface area contributed by atoms with Gasteiger partial charge in [0.2, 0.25) is 5.91 Å². The van der Waals surface area contributed by atoms with E-state index >= 15 is 0 Å². The quantitative estimate of drug-likeness (QED) is 0.786. The van der Waals surface area contributed by atoms with E-state index < -0.39 is 5.54 Å². The number of nitrogens with one attached hydrogen (secondary N) is 1. The molecule has 1 saturated carbocycles. The molecule has 0 unspecified atom stereocenters. The molecule has 0 saturated heterocycles. The van der Waals surface area contributed by atoms with E-state index in [4.69, 9.17) is 4.74 Å². The number of carbonyl (C=O) groups excluding carboxylic acids is 2. The summed E-state index contributed by atoms with van der Waals surface area (Å²) in [5.41, 5.74) is 0.154. The van der Waals surface area contributed by atoms with Crippen molar-refractivity contribution in [2.75, 3.05) is 0 Å². The molecule has 4 heteroatoms. The van der Waals surface area contributed by atoms with E-state index in [0.717, 1.165) is 31.2 Å². The zero-order chi connectivity index (χ0) is 15.8. The number of carbonyl (C=O) groups is 2. The molecule has 1 fully saturated rings. The van der Waals surface area contributed by atoms with Gasteiger partial charge in [-0.15, -0.1) is 0 Å². The Hall–Kier alpha value is -1.84. The van der Waals surface area contributed by atoms with Crippen LogP contribution < -0.4 is 5.32 Å². The molecule has 1 N–H and O–H groups in total. The fraction of sp³-hybridized carbons (Fsp3) is 0.556. The van der Waals surface area contributed by atoms with Crippen LogP contribution in [0.2, 0.25) is 0 Å². The first-order valence-corrected chi connectivity index (χ1v) is 8.18. The van der Waals surface area contributed by atoms with Crippen LogP contribution in [0.15, 0.2) is 30.3 Å². The van der Waals surface area contributed by atoms with Crippen molar-refractivity contribution in [3.63, 3.8) is 0 Å². The Balaban J connectivity index is 1.94. The number of benzene rings is 1. The maximum Gasteiger partial charge on any atom is 0.332 e. The first kappa shape index (κ1) is 16.5. The van der Waals surface area contributed by atoms with Crippen LogP contribution in [0.4, 0.5) is 0 Å². The summed E-state index contributed by atoms with van der Waals surface area (Å²) in [6, 6.07) is 9.61. The van der Waals surface area contributed by atoms with Crippen LogP contribution in [0.5, 0.6) is 0 Å². The molecular weight excluding hydrogens is 278 g/mol. The van der Waals surface area contributed by atoms with Crippen molar-refractivity contribution in [1.29, 1.82) is 0 Å². The highest BCUT2D eigenvalue weighted by Gasteiger charge is 2.43. The van der Waals surface area contributed by atoms with Gasteiger partial charge in [0.05, 0.1) is 0 Å². The van der Waals surface area contributed by atoms with Crippen molar-refractivity contribution < 1.29 is 14.3 Å². The highest BCUT2D eigenvalue weighted by atomic mass is 16.5. The van der Waals surface area contributed by atoms with E-state index in [0.29, 0.717) is 19.3 Å². The molecule has 4 nitrogen and oxygen atoms in total. The van der Waals surface area contributed by atoms with Gasteiger partial charge in [0, 0.05) is 6.42 Å². The van der Waals surface area contributed by atoms with Gasteiger partial charge in [-0.3, -0.25) is 4.79 Å². The lowest BCUT2D eigenvalue weighted by Gasteiger charge is -2.28. The first-order chi connectivity index (χ1) is 10.7. The van der Waals surface area contributed by atoms with Crippen molar-refractivity contribution in [3.8, 4) is 0 Å². The number of hydrogen-bond acceptors (Lipinski definition) is 3. The second-order valence-corrected chi connectivity index (χ2v) is 6.00. The Labute approximate surface area is 132 Å². The molecule has 1 aliphatic carbocycles. The summed E-state index contributed by atoms with van der Waals surface area (Å²) >= 11 is 0. The average molecular weight is 303 g/mol. The number of amides is 1. The van der Waals surface area contributed by atoms with Crippen LogP contribution in [0, 0.1) is 0 Å². The van der Waals surface area contributed by atoms with Crippen LogP contribution in [-0.4, -0.2) is 17.4 Å². The Morgan fingerprint density at radius 1 is 1.18 bits per heavy atom. The van der Waals surface area contributed by atoms with Crippen molar-refractivity contribution in [3.05, 3.63) is 35.9 Å². The van der Waals surface area contributed by atoms with Gasteiger partial charge < -0.3 is 10.1 Å². The molecule has 1 aromatic carbocycles. The van der Waals surface area contributed by atoms with E-state index in [-0.39, 0.29) is 18.5 Å². The first-order valence-electron chi connectivity index (χ1n) is 8.18. The van der Waals surface area contributed by atoms with Gasteiger partial charge in [0.15, 0.2) is 0 Å². The second kappa shape index (κ2) is 7.97. The van der Waals surface area contributed by atoms with Crippen LogP contribution in [0.3, 0.4) is 0 Å². The summed E-state index contributed by atoms with van der Waals surface area (Å²) in [7, 11) is 0. The van der Waals surface area contributed by atoms with Crippen LogP contribution >= 0.6 is 0 Å². The smallest absolute Gasteiger partial charge is 0.332 e. The Kier molecular flexibility index (Phi) is 5.99. The largest absolute Gasteiger partial charge is 0.459 e. The zero-order valence-corrected chi connectivity index (χ0v) is 13.3. The number of hydrogen-bond donors (Lipinski definition) is 1. The van der Waals surface area contributed by atoms with E-state index in [2.05, 4.69) is 5.32 Å². The predicted octanol–water partition coefficient (Wildman–Crippen LogP) is 3.35. The van der Waals surface area contributed by atoms with Gasteiger partial charge in [-0.2, -0.15) is 0 Å². The molecule has 1 aliphatic rings. The van der Waals surface area contributed by atoms with Crippen molar-refractivity contribution >= 4 is 11.9 Å². The van der Waals surface area contributed by atoms with Gasteiger partial charge in [-0.25, -0.2) is 4.79 Å². The molecule has 0 spiro atoms. The molecule has 1 amide bonds. The van der Waals surface area contributed by atoms with E-state index in [1.165, 1.54) is 0 Å². The molecular formula is C18H25NO3. The van der Waals surface area contributed by atoms with Crippen LogP contribution in [0.1, 0.15) is 57.4 Å². The maximum absolute atomic E-state index is 12.5. The third-order valence-electron chi connectivity index (χ3n) is 4.20. The van der Waals surface area contributed by atoms with E-state index in [1.54, 1.807) is 0 Å². The summed E-state index contributed by atoms with van der Waals surface area (Å²) < 4.78 is 5.47. The van der Waals surface area contributed by atoms with E-state index in [9.17, 15) is 9.59 Å². The highest BCUT2D eigenvalue weighted by molar-refractivity contribution is 5.88. The Morgan fingerprint density at radius 2 is 1.86 bits per heavy atom. The highest BCUT2D eigenvalue weighted by Crippen LogP contribution is 2.31. The van der Waals surface area contributed by atoms with E-state index in [1.807, 2.05) is 37.3 Å². The summed E-state index contributed by atoms with van der Waals surface area (Å²) in [6.45, 7) is 2.30. The Bertz CT molecular complexity index is 492. The van der Waals surface area contributed by atoms with Crippen LogP contribution in [-0.2, 0) is 20.9 Å². The molecule has 0 aliphatic heterocycles. The van der Waals surface area contributed by atoms with Gasteiger partial charge in [-0.1, -0.05) is 56.5 Å². The fourth-order valence-corrected chi connectivity index (χ4v) is 2.89. The molecule has 120 valence electrons. The number of ether oxygens (including phenoxy) is 1. The molecule has 0 aromatic heterocycles. The minimum absolute atomic E-state index is 0.0413. The average Bonchev–Trinajstić information content (AvgIpc) is 3.01. The molecule has 0 bridgehead atoms. The standard InChI is InChI=1S/C18H25NO3/c1-2-3-11-16(20)19-18(12-7-8-13-18)17(21)22-14-15-9-5-4-6-10-15/h4-6,9-10H,2-3,7-8,11-14H2,1H3,(H,19,20). The minimum atomic E-state index is -0.806. The molecule has 0 radical (unpaired) electrons. The van der Waals surface area contributed by atoms with Gasteiger partial charge in [-0.05, 0) is 24.8 Å². The Morgan fingerprint density at radius 3 is 2.50 bits per heavy atom. The maximum atomic E-state index is 12.5. The summed E-state index contributed by atoms with van der Waals surface area (Å²) in [5, 5.41) is 2.95. The van der Waals surface area contributed by atoms with Gasteiger partial charge in [0.1, 0.15) is 12.1 Å². The zero-order valence-electron chi connectivity index (χ0n) is 13.3. The normalized spacial score (nSPS) is 16.2. The lowest BCUT2D eigenvalue weighted by Crippen LogP contribution is -2.53.